The van der Waals surface area contributed by atoms with Crippen LogP contribution in [-0.4, -0.2) is 25.1 Å². The first-order valence-corrected chi connectivity index (χ1v) is 9.41. The fraction of sp³-hybridized carbons (Fsp3) is 0.632. The Bertz CT molecular complexity index is 563. The van der Waals surface area contributed by atoms with Gasteiger partial charge in [-0.15, -0.1) is 0 Å². The predicted octanol–water partition coefficient (Wildman–Crippen LogP) is 2.19. The van der Waals surface area contributed by atoms with E-state index in [1.54, 1.807) is 7.11 Å². The monoisotopic (exact) mass is 346 g/mol. The second-order valence-electron chi connectivity index (χ2n) is 7.11. The maximum absolute atomic E-state index is 12.9. The van der Waals surface area contributed by atoms with Crippen LogP contribution in [0.1, 0.15) is 57.1 Å². The first kappa shape index (κ1) is 18.2. The first-order chi connectivity index (χ1) is 12.2. The lowest BCUT2D eigenvalue weighted by molar-refractivity contribution is -0.127. The van der Waals surface area contributed by atoms with Gasteiger partial charge in [0.05, 0.1) is 13.2 Å². The van der Waals surface area contributed by atoms with Crippen molar-refractivity contribution in [1.82, 2.24) is 21.7 Å². The van der Waals surface area contributed by atoms with E-state index in [1.807, 2.05) is 12.1 Å². The van der Waals surface area contributed by atoms with Gasteiger partial charge in [0.25, 0.3) is 0 Å². The van der Waals surface area contributed by atoms with Gasteiger partial charge in [0, 0.05) is 18.0 Å². The van der Waals surface area contributed by atoms with Crippen LogP contribution in [-0.2, 0) is 4.79 Å². The van der Waals surface area contributed by atoms with Crippen LogP contribution in [0.5, 0.6) is 5.75 Å². The average molecular weight is 346 g/mol. The zero-order valence-electron chi connectivity index (χ0n) is 15.2. The number of hydrogen-bond acceptors (Lipinski definition) is 5. The SMILES string of the molecule is CCCCC(NC(=O)C1CCC2NNNC2C1)c1ccc(OC)cc1. The molecule has 3 rings (SSSR count). The van der Waals surface area contributed by atoms with Crippen molar-refractivity contribution in [2.45, 2.75) is 63.6 Å². The molecule has 1 heterocycles. The molecule has 0 spiro atoms. The van der Waals surface area contributed by atoms with Gasteiger partial charge in [-0.05, 0) is 43.4 Å². The fourth-order valence-electron chi connectivity index (χ4n) is 3.82. The number of hydrogen-bond donors (Lipinski definition) is 4. The molecule has 1 saturated carbocycles. The first-order valence-electron chi connectivity index (χ1n) is 9.41. The normalized spacial score (nSPS) is 26.7. The standard InChI is InChI=1S/C19H30N4O2/c1-3-4-5-16(13-6-9-15(25-2)10-7-13)20-19(24)14-8-11-17-18(12-14)22-23-21-17/h6-7,9-10,14,16-18,21-23H,3-5,8,11-12H2,1-2H3,(H,20,24). The van der Waals surface area contributed by atoms with Crippen molar-refractivity contribution in [2.24, 2.45) is 5.92 Å². The summed E-state index contributed by atoms with van der Waals surface area (Å²) in [5.74, 6) is 1.11. The zero-order valence-corrected chi connectivity index (χ0v) is 15.2. The number of carbonyl (C=O) groups excluding carboxylic acids is 1. The Labute approximate surface area is 150 Å². The van der Waals surface area contributed by atoms with E-state index >= 15 is 0 Å². The number of ether oxygens (including phenoxy) is 1. The molecule has 4 atom stereocenters. The third-order valence-corrected chi connectivity index (χ3v) is 5.42. The maximum Gasteiger partial charge on any atom is 0.223 e. The highest BCUT2D eigenvalue weighted by atomic mass is 16.5. The Hall–Kier alpha value is -1.63. The fourth-order valence-corrected chi connectivity index (χ4v) is 3.82. The van der Waals surface area contributed by atoms with Crippen LogP contribution in [0.25, 0.3) is 0 Å². The minimum atomic E-state index is 0.0730. The summed E-state index contributed by atoms with van der Waals surface area (Å²) in [5.41, 5.74) is 10.6. The molecule has 4 unspecified atom stereocenters. The molecule has 6 heteroatoms. The number of amides is 1. The third kappa shape index (κ3) is 4.51. The molecule has 2 fully saturated rings. The van der Waals surface area contributed by atoms with Gasteiger partial charge in [-0.2, -0.15) is 5.53 Å². The molecule has 0 aromatic heterocycles. The number of methoxy groups -OCH3 is 1. The summed E-state index contributed by atoms with van der Waals surface area (Å²) in [6.07, 6.45) is 6.02. The number of unbranched alkanes of at least 4 members (excludes halogenated alkanes) is 1. The number of carbonyl (C=O) groups is 1. The van der Waals surface area contributed by atoms with Crippen molar-refractivity contribution < 1.29 is 9.53 Å². The number of nitrogens with one attached hydrogen (secondary N) is 4. The Kier molecular flexibility index (Phi) is 6.29. The summed E-state index contributed by atoms with van der Waals surface area (Å²) < 4.78 is 5.24. The van der Waals surface area contributed by atoms with E-state index in [1.165, 1.54) is 0 Å². The Morgan fingerprint density at radius 1 is 1.24 bits per heavy atom. The molecular weight excluding hydrogens is 316 g/mol. The lowest BCUT2D eigenvalue weighted by atomic mass is 9.82. The summed E-state index contributed by atoms with van der Waals surface area (Å²) in [5, 5.41) is 3.31. The largest absolute Gasteiger partial charge is 0.497 e. The van der Waals surface area contributed by atoms with Gasteiger partial charge < -0.3 is 10.1 Å². The molecule has 138 valence electrons. The van der Waals surface area contributed by atoms with Crippen molar-refractivity contribution in [3.05, 3.63) is 29.8 Å². The van der Waals surface area contributed by atoms with Crippen LogP contribution in [0.15, 0.2) is 24.3 Å². The summed E-state index contributed by atoms with van der Waals surface area (Å²) >= 11 is 0. The van der Waals surface area contributed by atoms with E-state index in [0.717, 1.165) is 49.8 Å². The highest BCUT2D eigenvalue weighted by Crippen LogP contribution is 2.28. The minimum absolute atomic E-state index is 0.0730. The van der Waals surface area contributed by atoms with Gasteiger partial charge in [-0.25, -0.2) is 10.9 Å². The molecular formula is C19H30N4O2. The van der Waals surface area contributed by atoms with E-state index in [-0.39, 0.29) is 17.9 Å². The van der Waals surface area contributed by atoms with E-state index in [4.69, 9.17) is 4.74 Å². The van der Waals surface area contributed by atoms with Crippen LogP contribution in [0.3, 0.4) is 0 Å². The van der Waals surface area contributed by atoms with E-state index in [2.05, 4.69) is 40.8 Å². The Balaban J connectivity index is 1.63. The van der Waals surface area contributed by atoms with Crippen LogP contribution in [0.4, 0.5) is 0 Å². The maximum atomic E-state index is 12.9. The second kappa shape index (κ2) is 8.65. The number of hydrazine groups is 2. The highest BCUT2D eigenvalue weighted by Gasteiger charge is 2.36. The summed E-state index contributed by atoms with van der Waals surface area (Å²) in [7, 11) is 1.67. The molecule has 1 aromatic carbocycles. The van der Waals surface area contributed by atoms with Gasteiger partial charge in [0.1, 0.15) is 5.75 Å². The molecule has 1 amide bonds. The zero-order chi connectivity index (χ0) is 17.6. The lowest BCUT2D eigenvalue weighted by Gasteiger charge is -2.31. The van der Waals surface area contributed by atoms with Crippen molar-refractivity contribution >= 4 is 5.91 Å². The van der Waals surface area contributed by atoms with Crippen molar-refractivity contribution in [3.8, 4) is 5.75 Å². The molecule has 1 aliphatic carbocycles. The van der Waals surface area contributed by atoms with Crippen molar-refractivity contribution in [3.63, 3.8) is 0 Å². The molecule has 2 aliphatic rings. The average Bonchev–Trinajstić information content (AvgIpc) is 3.12. The molecule has 4 N–H and O–H groups in total. The molecule has 25 heavy (non-hydrogen) atoms. The minimum Gasteiger partial charge on any atom is -0.497 e. The molecule has 1 saturated heterocycles. The summed E-state index contributed by atoms with van der Waals surface area (Å²) in [6.45, 7) is 2.18. The van der Waals surface area contributed by atoms with E-state index in [9.17, 15) is 4.79 Å². The van der Waals surface area contributed by atoms with Gasteiger partial charge in [0.15, 0.2) is 0 Å². The summed E-state index contributed by atoms with van der Waals surface area (Å²) in [4.78, 5) is 12.9. The smallest absolute Gasteiger partial charge is 0.223 e. The van der Waals surface area contributed by atoms with E-state index < -0.39 is 0 Å². The summed E-state index contributed by atoms with van der Waals surface area (Å²) in [6, 6.07) is 8.88. The quantitative estimate of drug-likeness (QED) is 0.609. The van der Waals surface area contributed by atoms with Crippen molar-refractivity contribution in [2.75, 3.05) is 7.11 Å². The Morgan fingerprint density at radius 2 is 2.00 bits per heavy atom. The number of rotatable bonds is 7. The lowest BCUT2D eigenvalue weighted by Crippen LogP contribution is -2.44. The van der Waals surface area contributed by atoms with Crippen LogP contribution in [0, 0.1) is 5.92 Å². The van der Waals surface area contributed by atoms with Gasteiger partial charge in [-0.1, -0.05) is 31.9 Å². The van der Waals surface area contributed by atoms with Crippen LogP contribution >= 0.6 is 0 Å². The molecule has 0 radical (unpaired) electrons. The van der Waals surface area contributed by atoms with Gasteiger partial charge in [0.2, 0.25) is 5.91 Å². The number of benzene rings is 1. The third-order valence-electron chi connectivity index (χ3n) is 5.42. The molecule has 6 nitrogen and oxygen atoms in total. The molecule has 1 aliphatic heterocycles. The molecule has 0 bridgehead atoms. The Morgan fingerprint density at radius 3 is 2.72 bits per heavy atom. The highest BCUT2D eigenvalue weighted by molar-refractivity contribution is 5.79. The van der Waals surface area contributed by atoms with Crippen LogP contribution in [0.2, 0.25) is 0 Å². The van der Waals surface area contributed by atoms with E-state index in [0.29, 0.717) is 12.1 Å². The topological polar surface area (TPSA) is 74.4 Å². The van der Waals surface area contributed by atoms with Crippen LogP contribution < -0.4 is 26.4 Å². The number of fused-ring (bicyclic) bond motifs is 1. The van der Waals surface area contributed by atoms with Gasteiger partial charge in [-0.3, -0.25) is 4.79 Å². The molecule has 1 aromatic rings. The predicted molar refractivity (Wildman–Crippen MR) is 97.7 cm³/mol. The van der Waals surface area contributed by atoms with Crippen molar-refractivity contribution in [1.29, 1.82) is 0 Å². The van der Waals surface area contributed by atoms with Gasteiger partial charge >= 0.3 is 0 Å². The second-order valence-corrected chi connectivity index (χ2v) is 7.11.